The minimum absolute atomic E-state index is 0.0740. The normalized spacial score (nSPS) is 14.4. The summed E-state index contributed by atoms with van der Waals surface area (Å²) in [6.45, 7) is 4.07. The van der Waals surface area contributed by atoms with Crippen molar-refractivity contribution in [2.45, 2.75) is 26.7 Å². The number of rotatable bonds is 3. The smallest absolute Gasteiger partial charge is 0.248 e. The molecule has 0 unspecified atom stereocenters. The molecule has 3 nitrogen and oxygen atoms in total. The fraction of sp³-hybridized carbons (Fsp3) is 0.385. The molecule has 4 heteroatoms. The first-order chi connectivity index (χ1) is 8.17. The molecule has 1 aromatic heterocycles. The van der Waals surface area contributed by atoms with Gasteiger partial charge in [-0.2, -0.15) is 0 Å². The molecule has 0 saturated heterocycles. The van der Waals surface area contributed by atoms with Crippen LogP contribution in [0, 0.1) is 0 Å². The number of hydrogen-bond acceptors (Lipinski definition) is 3. The van der Waals surface area contributed by atoms with Crippen LogP contribution in [0.25, 0.3) is 12.3 Å². The number of aromatic amines is 1. The Morgan fingerprint density at radius 1 is 1.53 bits per heavy atom. The quantitative estimate of drug-likeness (QED) is 0.652. The molecule has 0 fully saturated rings. The van der Waals surface area contributed by atoms with Gasteiger partial charge in [-0.1, -0.05) is 19.4 Å². The largest absolute Gasteiger partial charge is 0.322 e. The van der Waals surface area contributed by atoms with Crippen molar-refractivity contribution in [1.82, 2.24) is 4.98 Å². The van der Waals surface area contributed by atoms with E-state index in [1.807, 2.05) is 19.3 Å². The number of aliphatic imine (C=N–C) groups is 1. The molecule has 0 aliphatic rings. The third kappa shape index (κ3) is 4.61. The number of nitrogens with zero attached hydrogens (tertiary/aromatic N) is 1. The number of H-pyrrole nitrogens is 1. The molecule has 1 aromatic rings. The topological polar surface area (TPSA) is 45.2 Å². The zero-order valence-electron chi connectivity index (χ0n) is 10.5. The van der Waals surface area contributed by atoms with Crippen molar-refractivity contribution in [3.63, 3.8) is 0 Å². The summed E-state index contributed by atoms with van der Waals surface area (Å²) in [7, 11) is 0. The van der Waals surface area contributed by atoms with Crippen LogP contribution in [0.15, 0.2) is 21.9 Å². The summed E-state index contributed by atoms with van der Waals surface area (Å²) in [5, 5.41) is 2.81. The third-order valence-electron chi connectivity index (χ3n) is 2.30. The van der Waals surface area contributed by atoms with Gasteiger partial charge in [-0.05, 0) is 25.7 Å². The maximum atomic E-state index is 11.3. The van der Waals surface area contributed by atoms with Crippen LogP contribution in [0.2, 0.25) is 0 Å². The second kappa shape index (κ2) is 7.12. The van der Waals surface area contributed by atoms with E-state index in [1.54, 1.807) is 24.0 Å². The molecule has 0 atom stereocenters. The minimum atomic E-state index is -0.0740. The van der Waals surface area contributed by atoms with E-state index in [-0.39, 0.29) is 5.56 Å². The molecule has 0 bridgehead atoms. The summed E-state index contributed by atoms with van der Waals surface area (Å²) in [5.41, 5.74) is -0.0740. The van der Waals surface area contributed by atoms with Gasteiger partial charge in [0.2, 0.25) is 5.56 Å². The Labute approximate surface area is 105 Å². The van der Waals surface area contributed by atoms with Gasteiger partial charge in [0.05, 0.1) is 5.04 Å². The van der Waals surface area contributed by atoms with Gasteiger partial charge in [0.25, 0.3) is 0 Å². The molecule has 1 rings (SSSR count). The lowest BCUT2D eigenvalue weighted by molar-refractivity contribution is 0.982. The van der Waals surface area contributed by atoms with E-state index in [0.29, 0.717) is 0 Å². The highest BCUT2D eigenvalue weighted by Crippen LogP contribution is 1.95. The van der Waals surface area contributed by atoms with Crippen molar-refractivity contribution < 1.29 is 0 Å². The maximum Gasteiger partial charge on any atom is 0.248 e. The van der Waals surface area contributed by atoms with E-state index in [0.717, 1.165) is 28.5 Å². The van der Waals surface area contributed by atoms with Gasteiger partial charge in [-0.15, -0.1) is 11.8 Å². The molecule has 1 heterocycles. The Kier molecular flexibility index (Phi) is 5.77. The van der Waals surface area contributed by atoms with Crippen LogP contribution < -0.4 is 16.1 Å². The van der Waals surface area contributed by atoms with E-state index < -0.39 is 0 Å². The molecule has 17 heavy (non-hydrogen) atoms. The highest BCUT2D eigenvalue weighted by atomic mass is 32.2. The van der Waals surface area contributed by atoms with Crippen LogP contribution >= 0.6 is 11.8 Å². The van der Waals surface area contributed by atoms with Crippen LogP contribution in [-0.4, -0.2) is 16.3 Å². The molecular weight excluding hydrogens is 232 g/mol. The van der Waals surface area contributed by atoms with Crippen LogP contribution in [0.1, 0.15) is 26.7 Å². The summed E-state index contributed by atoms with van der Waals surface area (Å²) < 4.78 is 0. The molecular formula is C13H18N2OS. The van der Waals surface area contributed by atoms with Gasteiger partial charge < -0.3 is 4.98 Å². The summed E-state index contributed by atoms with van der Waals surface area (Å²) in [5.74, 6) is 0. The van der Waals surface area contributed by atoms with E-state index in [9.17, 15) is 4.79 Å². The molecule has 1 N–H and O–H groups in total. The Morgan fingerprint density at radius 3 is 2.94 bits per heavy atom. The number of unbranched alkanes of at least 4 members (excludes halogenated alkanes) is 1. The van der Waals surface area contributed by atoms with Crippen molar-refractivity contribution >= 4 is 29.1 Å². The predicted molar refractivity (Wildman–Crippen MR) is 76.8 cm³/mol. The second-order valence-corrected chi connectivity index (χ2v) is 4.66. The van der Waals surface area contributed by atoms with Gasteiger partial charge >= 0.3 is 0 Å². The van der Waals surface area contributed by atoms with Crippen molar-refractivity contribution in [2.75, 3.05) is 6.26 Å². The lowest BCUT2D eigenvalue weighted by Gasteiger charge is -1.92. The van der Waals surface area contributed by atoms with E-state index in [2.05, 4.69) is 16.9 Å². The fourth-order valence-corrected chi connectivity index (χ4v) is 1.44. The first kappa shape index (κ1) is 13.8. The van der Waals surface area contributed by atoms with Crippen molar-refractivity contribution in [2.24, 2.45) is 4.99 Å². The zero-order valence-corrected chi connectivity index (χ0v) is 11.3. The van der Waals surface area contributed by atoms with Gasteiger partial charge in [-0.3, -0.25) is 9.79 Å². The summed E-state index contributed by atoms with van der Waals surface area (Å²) in [6, 6.07) is 3.33. The first-order valence-corrected chi connectivity index (χ1v) is 6.88. The van der Waals surface area contributed by atoms with Crippen molar-refractivity contribution in [3.05, 3.63) is 33.1 Å². The third-order valence-corrected chi connectivity index (χ3v) is 3.00. The molecule has 0 aliphatic heterocycles. The second-order valence-electron chi connectivity index (χ2n) is 3.67. The van der Waals surface area contributed by atoms with Gasteiger partial charge in [-0.25, -0.2) is 0 Å². The summed E-state index contributed by atoms with van der Waals surface area (Å²) in [4.78, 5) is 18.4. The number of pyridine rings is 1. The number of aromatic nitrogens is 1. The van der Waals surface area contributed by atoms with Crippen LogP contribution in [0.4, 0.5) is 0 Å². The maximum absolute atomic E-state index is 11.3. The molecule has 0 amide bonds. The Balaban J connectivity index is 3.29. The lowest BCUT2D eigenvalue weighted by Crippen LogP contribution is -2.33. The minimum Gasteiger partial charge on any atom is -0.322 e. The molecule has 0 aromatic carbocycles. The molecule has 0 saturated carbocycles. The Morgan fingerprint density at radius 2 is 2.29 bits per heavy atom. The SMILES string of the molecule is CCC\C=c1/[nH]c(=O)cc/c1=C/N=C(\C)SC. The first-order valence-electron chi connectivity index (χ1n) is 5.65. The highest BCUT2D eigenvalue weighted by Gasteiger charge is 1.88. The molecule has 0 aliphatic carbocycles. The zero-order chi connectivity index (χ0) is 12.7. The number of thioether (sulfide) groups is 1. The van der Waals surface area contributed by atoms with E-state index in [4.69, 9.17) is 0 Å². The van der Waals surface area contributed by atoms with Crippen molar-refractivity contribution in [1.29, 1.82) is 0 Å². The van der Waals surface area contributed by atoms with E-state index >= 15 is 0 Å². The lowest BCUT2D eigenvalue weighted by atomic mass is 10.2. The fourth-order valence-electron chi connectivity index (χ4n) is 1.29. The highest BCUT2D eigenvalue weighted by molar-refractivity contribution is 8.13. The number of hydrogen-bond donors (Lipinski definition) is 1. The van der Waals surface area contributed by atoms with Crippen LogP contribution in [0.3, 0.4) is 0 Å². The van der Waals surface area contributed by atoms with Gasteiger partial charge in [0, 0.05) is 22.8 Å². The van der Waals surface area contributed by atoms with Gasteiger partial charge in [0.15, 0.2) is 0 Å². The predicted octanol–water partition coefficient (Wildman–Crippen LogP) is 1.47. The molecule has 0 radical (unpaired) electrons. The number of nitrogens with one attached hydrogen (secondary N) is 1. The Hall–Kier alpha value is -1.29. The summed E-state index contributed by atoms with van der Waals surface area (Å²) in [6.07, 6.45) is 7.83. The van der Waals surface area contributed by atoms with E-state index in [1.165, 1.54) is 6.07 Å². The standard InChI is InChI=1S/C13H18N2OS/c1-4-5-6-12-11(7-8-13(16)15-12)9-14-10(2)17-3/h6-9H,4-5H2,1-3H3,(H,15,16)/b11-9-,12-6-,14-10+. The molecule has 0 spiro atoms. The van der Waals surface area contributed by atoms with Crippen LogP contribution in [-0.2, 0) is 0 Å². The van der Waals surface area contributed by atoms with Crippen molar-refractivity contribution in [3.8, 4) is 0 Å². The average molecular weight is 250 g/mol. The van der Waals surface area contributed by atoms with Crippen LogP contribution in [0.5, 0.6) is 0 Å². The van der Waals surface area contributed by atoms with Gasteiger partial charge in [0.1, 0.15) is 0 Å². The average Bonchev–Trinajstić information content (AvgIpc) is 2.34. The summed E-state index contributed by atoms with van der Waals surface area (Å²) >= 11 is 1.61. The Bertz CT molecular complexity index is 558. The monoisotopic (exact) mass is 250 g/mol. The molecule has 92 valence electrons.